The highest BCUT2D eigenvalue weighted by atomic mass is 19.1. The van der Waals surface area contributed by atoms with E-state index in [9.17, 15) is 18.8 Å². The monoisotopic (exact) mass is 372 g/mol. The van der Waals surface area contributed by atoms with Gasteiger partial charge in [-0.2, -0.15) is 0 Å². The summed E-state index contributed by atoms with van der Waals surface area (Å²) >= 11 is 0. The Kier molecular flexibility index (Phi) is 5.87. The predicted molar refractivity (Wildman–Crippen MR) is 94.9 cm³/mol. The average Bonchev–Trinajstić information content (AvgIpc) is 2.98. The number of hydrogen-bond acceptors (Lipinski definition) is 4. The van der Waals surface area contributed by atoms with Crippen molar-refractivity contribution in [2.75, 3.05) is 6.61 Å². The second kappa shape index (κ2) is 8.31. The van der Waals surface area contributed by atoms with E-state index < -0.39 is 23.7 Å². The summed E-state index contributed by atoms with van der Waals surface area (Å²) in [5.74, 6) is 3.97. The molecule has 0 bridgehead atoms. The minimum absolute atomic E-state index is 0.0354. The number of rotatable bonds is 5. The average molecular weight is 372 g/mol. The number of unbranched alkanes of at least 4 members (excludes halogenated alkanes) is 3. The molecule has 2 aliphatic heterocycles. The first-order valence-corrected chi connectivity index (χ1v) is 9.08. The van der Waals surface area contributed by atoms with E-state index in [1.165, 1.54) is 11.0 Å². The number of fused-ring (bicyclic) bond motifs is 1. The van der Waals surface area contributed by atoms with Gasteiger partial charge >= 0.3 is 0 Å². The summed E-state index contributed by atoms with van der Waals surface area (Å²) in [6, 6.07) is 2.00. The Bertz CT molecular complexity index is 840. The van der Waals surface area contributed by atoms with Gasteiger partial charge in [0.05, 0.1) is 5.56 Å². The van der Waals surface area contributed by atoms with Crippen molar-refractivity contribution in [2.45, 2.75) is 51.1 Å². The van der Waals surface area contributed by atoms with Gasteiger partial charge in [-0.15, -0.1) is 0 Å². The molecule has 1 unspecified atom stereocenters. The quantitative estimate of drug-likeness (QED) is 0.466. The zero-order chi connectivity index (χ0) is 19.4. The lowest BCUT2D eigenvalue weighted by atomic mass is 10.0. The van der Waals surface area contributed by atoms with Gasteiger partial charge in [-0.3, -0.25) is 19.7 Å². The number of aliphatic hydroxyl groups is 1. The van der Waals surface area contributed by atoms with Gasteiger partial charge in [0.25, 0.3) is 5.91 Å². The third-order valence-corrected chi connectivity index (χ3v) is 4.83. The molecule has 6 nitrogen and oxygen atoms in total. The van der Waals surface area contributed by atoms with Gasteiger partial charge in [0.2, 0.25) is 11.8 Å². The van der Waals surface area contributed by atoms with E-state index in [2.05, 4.69) is 17.2 Å². The van der Waals surface area contributed by atoms with E-state index >= 15 is 0 Å². The van der Waals surface area contributed by atoms with Crippen LogP contribution in [0.1, 0.15) is 60.0 Å². The predicted octanol–water partition coefficient (Wildman–Crippen LogP) is 1.49. The van der Waals surface area contributed by atoms with Gasteiger partial charge in [-0.05, 0) is 31.4 Å². The van der Waals surface area contributed by atoms with Crippen molar-refractivity contribution in [3.8, 4) is 11.8 Å². The molecule has 7 heteroatoms. The van der Waals surface area contributed by atoms with Crippen LogP contribution in [0.4, 0.5) is 4.39 Å². The molecule has 1 saturated heterocycles. The molecule has 2 heterocycles. The van der Waals surface area contributed by atoms with E-state index in [-0.39, 0.29) is 37.5 Å². The van der Waals surface area contributed by atoms with Crippen LogP contribution in [0.3, 0.4) is 0 Å². The third kappa shape index (κ3) is 4.01. The van der Waals surface area contributed by atoms with Gasteiger partial charge in [0.1, 0.15) is 11.9 Å². The summed E-state index contributed by atoms with van der Waals surface area (Å²) in [5.41, 5.74) is 1.04. The zero-order valence-corrected chi connectivity index (χ0v) is 14.9. The van der Waals surface area contributed by atoms with Crippen LogP contribution < -0.4 is 5.32 Å². The SMILES string of the molecule is O=C1CCC(N2Cc3c(C#CCCCCCO)ccc(F)c3C2=O)C(=O)N1. The number of carbonyl (C=O) groups is 3. The Hall–Kier alpha value is -2.72. The number of nitrogens with zero attached hydrogens (tertiary/aromatic N) is 1. The van der Waals surface area contributed by atoms with Crippen LogP contribution in [0, 0.1) is 17.7 Å². The summed E-state index contributed by atoms with van der Waals surface area (Å²) in [5, 5.41) is 11.0. The number of carbonyl (C=O) groups excluding carboxylic acids is 3. The summed E-state index contributed by atoms with van der Waals surface area (Å²) in [7, 11) is 0. The Morgan fingerprint density at radius 2 is 2.04 bits per heavy atom. The number of amides is 3. The van der Waals surface area contributed by atoms with Gasteiger partial charge in [0, 0.05) is 37.1 Å². The standard InChI is InChI=1S/C20H21FN2O4/c21-15-8-7-13(6-4-2-1-3-5-11-24)14-12-23(20(27)18(14)15)16-9-10-17(25)22-19(16)26/h7-8,16,24H,1-3,5,9-12H2,(H,22,25,26). The van der Waals surface area contributed by atoms with E-state index in [1.54, 1.807) is 6.07 Å². The number of halogens is 1. The topological polar surface area (TPSA) is 86.7 Å². The molecule has 0 aliphatic carbocycles. The minimum atomic E-state index is -0.777. The number of nitrogens with one attached hydrogen (secondary N) is 1. The van der Waals surface area contributed by atoms with Crippen LogP contribution in [-0.2, 0) is 16.1 Å². The zero-order valence-electron chi connectivity index (χ0n) is 14.9. The van der Waals surface area contributed by atoms with Crippen LogP contribution in [-0.4, -0.2) is 40.4 Å². The Morgan fingerprint density at radius 1 is 1.22 bits per heavy atom. The Labute approximate surface area is 156 Å². The van der Waals surface area contributed by atoms with Crippen molar-refractivity contribution >= 4 is 17.7 Å². The van der Waals surface area contributed by atoms with Crippen LogP contribution >= 0.6 is 0 Å². The van der Waals surface area contributed by atoms with Crippen LogP contribution in [0.5, 0.6) is 0 Å². The van der Waals surface area contributed by atoms with Crippen LogP contribution in [0.25, 0.3) is 0 Å². The fraction of sp³-hybridized carbons (Fsp3) is 0.450. The molecule has 0 radical (unpaired) electrons. The fourth-order valence-electron chi connectivity index (χ4n) is 3.41. The van der Waals surface area contributed by atoms with E-state index in [4.69, 9.17) is 5.11 Å². The van der Waals surface area contributed by atoms with E-state index in [1.807, 2.05) is 0 Å². The van der Waals surface area contributed by atoms with Gasteiger partial charge in [0.15, 0.2) is 0 Å². The number of aliphatic hydroxyl groups excluding tert-OH is 1. The molecule has 3 amide bonds. The number of imide groups is 1. The largest absolute Gasteiger partial charge is 0.396 e. The summed E-state index contributed by atoms with van der Waals surface area (Å²) in [6.45, 7) is 0.268. The maximum Gasteiger partial charge on any atom is 0.258 e. The van der Waals surface area contributed by atoms with Crippen molar-refractivity contribution in [1.29, 1.82) is 0 Å². The Balaban J connectivity index is 1.79. The molecule has 2 N–H and O–H groups in total. The smallest absolute Gasteiger partial charge is 0.258 e. The normalized spacial score (nSPS) is 18.8. The first-order valence-electron chi connectivity index (χ1n) is 9.08. The molecule has 1 aromatic rings. The Morgan fingerprint density at radius 3 is 2.78 bits per heavy atom. The molecule has 1 fully saturated rings. The van der Waals surface area contributed by atoms with Crippen LogP contribution in [0.2, 0.25) is 0 Å². The van der Waals surface area contributed by atoms with E-state index in [0.29, 0.717) is 17.5 Å². The van der Waals surface area contributed by atoms with E-state index in [0.717, 1.165) is 19.3 Å². The molecule has 2 aliphatic rings. The first-order chi connectivity index (χ1) is 13.0. The number of benzene rings is 1. The lowest BCUT2D eigenvalue weighted by Crippen LogP contribution is -2.52. The number of hydrogen-bond donors (Lipinski definition) is 2. The van der Waals surface area contributed by atoms with Gasteiger partial charge < -0.3 is 10.0 Å². The molecule has 0 saturated carbocycles. The maximum absolute atomic E-state index is 14.3. The van der Waals surface area contributed by atoms with Crippen molar-refractivity contribution in [1.82, 2.24) is 10.2 Å². The molecule has 0 spiro atoms. The first kappa shape index (κ1) is 19.1. The summed E-state index contributed by atoms with van der Waals surface area (Å²) < 4.78 is 14.3. The summed E-state index contributed by atoms with van der Waals surface area (Å²) in [6.07, 6.45) is 3.52. The molecule has 1 aromatic carbocycles. The third-order valence-electron chi connectivity index (χ3n) is 4.83. The van der Waals surface area contributed by atoms with Crippen molar-refractivity contribution < 1.29 is 23.9 Å². The molecule has 27 heavy (non-hydrogen) atoms. The molecular formula is C20H21FN2O4. The van der Waals surface area contributed by atoms with Gasteiger partial charge in [-0.25, -0.2) is 4.39 Å². The van der Waals surface area contributed by atoms with Crippen molar-refractivity contribution in [2.24, 2.45) is 0 Å². The molecule has 1 atom stereocenters. The highest BCUT2D eigenvalue weighted by Crippen LogP contribution is 2.31. The second-order valence-electron chi connectivity index (χ2n) is 6.68. The highest BCUT2D eigenvalue weighted by molar-refractivity contribution is 6.05. The van der Waals surface area contributed by atoms with Crippen molar-refractivity contribution in [3.05, 3.63) is 34.6 Å². The lowest BCUT2D eigenvalue weighted by molar-refractivity contribution is -0.136. The highest BCUT2D eigenvalue weighted by Gasteiger charge is 2.41. The fourth-order valence-corrected chi connectivity index (χ4v) is 3.41. The maximum atomic E-state index is 14.3. The molecule has 0 aromatic heterocycles. The molecular weight excluding hydrogens is 351 g/mol. The minimum Gasteiger partial charge on any atom is -0.396 e. The number of piperidine rings is 1. The van der Waals surface area contributed by atoms with Gasteiger partial charge in [-0.1, -0.05) is 18.3 Å². The van der Waals surface area contributed by atoms with Crippen molar-refractivity contribution in [3.63, 3.8) is 0 Å². The molecule has 3 rings (SSSR count). The second-order valence-corrected chi connectivity index (χ2v) is 6.68. The lowest BCUT2D eigenvalue weighted by Gasteiger charge is -2.29. The van der Waals surface area contributed by atoms with Crippen LogP contribution in [0.15, 0.2) is 12.1 Å². The molecule has 142 valence electrons. The summed E-state index contributed by atoms with van der Waals surface area (Å²) in [4.78, 5) is 37.4.